The van der Waals surface area contributed by atoms with Crippen LogP contribution < -0.4 is 0 Å². The quantitative estimate of drug-likeness (QED) is 0.450. The number of hydrogen-bond donors (Lipinski definition) is 2. The summed E-state index contributed by atoms with van der Waals surface area (Å²) < 4.78 is 1.55. The summed E-state index contributed by atoms with van der Waals surface area (Å²) >= 11 is 0. The van der Waals surface area contributed by atoms with E-state index in [1.807, 2.05) is 0 Å². The van der Waals surface area contributed by atoms with E-state index < -0.39 is 12.0 Å². The SMILES string of the molecule is CC(O)=[N+]1CCCC[C@H]1C(=O)O. The summed E-state index contributed by atoms with van der Waals surface area (Å²) in [5, 5.41) is 18.0. The fourth-order valence-corrected chi connectivity index (χ4v) is 1.58. The molecule has 1 aliphatic rings. The van der Waals surface area contributed by atoms with Crippen LogP contribution in [0.5, 0.6) is 0 Å². The Hall–Kier alpha value is -1.06. The van der Waals surface area contributed by atoms with Crippen molar-refractivity contribution in [2.75, 3.05) is 6.54 Å². The minimum Gasteiger partial charge on any atom is -0.476 e. The zero-order chi connectivity index (χ0) is 9.14. The van der Waals surface area contributed by atoms with Gasteiger partial charge >= 0.3 is 11.9 Å². The number of hydrogen-bond acceptors (Lipinski definition) is 1. The number of aliphatic hydroxyl groups excluding tert-OH is 1. The second kappa shape index (κ2) is 3.56. The molecular weight excluding hydrogens is 158 g/mol. The molecule has 0 aromatic heterocycles. The highest BCUT2D eigenvalue weighted by molar-refractivity contribution is 5.74. The third-order valence-electron chi connectivity index (χ3n) is 2.20. The van der Waals surface area contributed by atoms with Gasteiger partial charge in [-0.3, -0.25) is 0 Å². The van der Waals surface area contributed by atoms with Gasteiger partial charge in [-0.25, -0.2) is 4.79 Å². The van der Waals surface area contributed by atoms with Crippen molar-refractivity contribution in [3.63, 3.8) is 0 Å². The van der Waals surface area contributed by atoms with Gasteiger partial charge in [0.2, 0.25) is 0 Å². The maximum Gasteiger partial charge on any atom is 0.373 e. The monoisotopic (exact) mass is 172 g/mol. The Balaban J connectivity index is 2.82. The molecule has 4 nitrogen and oxygen atoms in total. The Labute approximate surface area is 71.1 Å². The van der Waals surface area contributed by atoms with Crippen molar-refractivity contribution >= 4 is 11.9 Å². The van der Waals surface area contributed by atoms with Crippen LogP contribution in [0, 0.1) is 0 Å². The van der Waals surface area contributed by atoms with Gasteiger partial charge < -0.3 is 10.2 Å². The maximum atomic E-state index is 10.7. The highest BCUT2D eigenvalue weighted by atomic mass is 16.4. The van der Waals surface area contributed by atoms with E-state index in [1.54, 1.807) is 4.58 Å². The average Bonchev–Trinajstić information content (AvgIpc) is 2.04. The topological polar surface area (TPSA) is 60.5 Å². The number of carboxylic acid groups (broad SMARTS) is 1. The molecular formula is C8H14NO3+. The van der Waals surface area contributed by atoms with Crippen LogP contribution in [0.3, 0.4) is 0 Å². The number of rotatable bonds is 1. The summed E-state index contributed by atoms with van der Waals surface area (Å²) in [6, 6.07) is -0.524. The van der Waals surface area contributed by atoms with Gasteiger partial charge in [0, 0.05) is 12.8 Å². The molecule has 2 N–H and O–H groups in total. The standard InChI is InChI=1S/C8H13NO3/c1-6(10)9-5-3-2-4-7(9)8(11)12/h7H,2-5H2,1H3,(H,11,12)/p+1/t7-/m0/s1. The number of aliphatic carboxylic acids is 1. The largest absolute Gasteiger partial charge is 0.476 e. The second-order valence-electron chi connectivity index (χ2n) is 3.09. The van der Waals surface area contributed by atoms with Crippen LogP contribution in [0.2, 0.25) is 0 Å². The number of piperidine rings is 1. The van der Waals surface area contributed by atoms with E-state index in [4.69, 9.17) is 5.11 Å². The van der Waals surface area contributed by atoms with E-state index in [-0.39, 0.29) is 5.90 Å². The van der Waals surface area contributed by atoms with Crippen LogP contribution >= 0.6 is 0 Å². The zero-order valence-electron chi connectivity index (χ0n) is 7.16. The third kappa shape index (κ3) is 1.75. The lowest BCUT2D eigenvalue weighted by Crippen LogP contribution is -2.40. The molecule has 0 bridgehead atoms. The van der Waals surface area contributed by atoms with E-state index in [1.165, 1.54) is 6.92 Å². The van der Waals surface area contributed by atoms with Crippen molar-refractivity contribution in [1.29, 1.82) is 0 Å². The van der Waals surface area contributed by atoms with Crippen molar-refractivity contribution in [2.24, 2.45) is 0 Å². The molecule has 0 unspecified atom stereocenters. The summed E-state index contributed by atoms with van der Waals surface area (Å²) in [7, 11) is 0. The van der Waals surface area contributed by atoms with Gasteiger partial charge in [-0.2, -0.15) is 4.58 Å². The molecule has 0 aromatic rings. The zero-order valence-corrected chi connectivity index (χ0v) is 7.16. The predicted molar refractivity (Wildman–Crippen MR) is 43.7 cm³/mol. The Bertz CT molecular complexity index is 218. The summed E-state index contributed by atoms with van der Waals surface area (Å²) in [5.41, 5.74) is 0. The number of nitrogens with zero attached hydrogens (tertiary/aromatic N) is 1. The Kier molecular flexibility index (Phi) is 2.68. The van der Waals surface area contributed by atoms with Crippen LogP contribution in [0.25, 0.3) is 0 Å². The van der Waals surface area contributed by atoms with E-state index >= 15 is 0 Å². The molecule has 1 atom stereocenters. The molecule has 1 heterocycles. The molecule has 4 heteroatoms. The first-order valence-corrected chi connectivity index (χ1v) is 4.15. The summed E-state index contributed by atoms with van der Waals surface area (Å²) in [5.74, 6) is -0.731. The van der Waals surface area contributed by atoms with Crippen LogP contribution in [0.15, 0.2) is 0 Å². The molecule has 0 aliphatic carbocycles. The summed E-state index contributed by atoms with van der Waals surface area (Å²) in [6.45, 7) is 2.18. The number of carbonyl (C=O) groups is 1. The van der Waals surface area contributed by atoms with Gasteiger partial charge in [-0.1, -0.05) is 0 Å². The van der Waals surface area contributed by atoms with Gasteiger partial charge in [0.25, 0.3) is 6.04 Å². The predicted octanol–water partition coefficient (Wildman–Crippen LogP) is 0.612. The van der Waals surface area contributed by atoms with E-state index in [0.717, 1.165) is 12.8 Å². The van der Waals surface area contributed by atoms with Gasteiger partial charge in [-0.05, 0) is 6.42 Å². The fraction of sp³-hybridized carbons (Fsp3) is 0.750. The molecule has 1 rings (SSSR count). The van der Waals surface area contributed by atoms with E-state index in [2.05, 4.69) is 0 Å². The smallest absolute Gasteiger partial charge is 0.373 e. The molecule has 0 saturated carbocycles. The minimum atomic E-state index is -0.844. The van der Waals surface area contributed by atoms with Gasteiger partial charge in [0.1, 0.15) is 6.54 Å². The van der Waals surface area contributed by atoms with E-state index in [9.17, 15) is 9.90 Å². The third-order valence-corrected chi connectivity index (χ3v) is 2.20. The van der Waals surface area contributed by atoms with Crippen LogP contribution in [0.4, 0.5) is 0 Å². The molecule has 0 spiro atoms. The minimum absolute atomic E-state index is 0.113. The Morgan fingerprint density at radius 2 is 2.08 bits per heavy atom. The average molecular weight is 172 g/mol. The molecule has 1 saturated heterocycles. The van der Waals surface area contributed by atoms with Crippen molar-refractivity contribution < 1.29 is 19.6 Å². The summed E-state index contributed by atoms with van der Waals surface area (Å²) in [4.78, 5) is 10.7. The molecule has 1 aliphatic heterocycles. The number of carboxylic acids is 1. The first-order valence-electron chi connectivity index (χ1n) is 4.15. The molecule has 0 radical (unpaired) electrons. The highest BCUT2D eigenvalue weighted by Gasteiger charge is 2.33. The summed E-state index contributed by atoms with van der Waals surface area (Å²) in [6.07, 6.45) is 2.52. The van der Waals surface area contributed by atoms with Crippen molar-refractivity contribution in [2.45, 2.75) is 32.2 Å². The molecule has 0 amide bonds. The van der Waals surface area contributed by atoms with Crippen molar-refractivity contribution in [3.8, 4) is 0 Å². The molecule has 1 fully saturated rings. The lowest BCUT2D eigenvalue weighted by atomic mass is 10.0. The van der Waals surface area contributed by atoms with Crippen LogP contribution in [-0.4, -0.2) is 39.2 Å². The second-order valence-corrected chi connectivity index (χ2v) is 3.09. The first kappa shape index (κ1) is 9.03. The fourth-order valence-electron chi connectivity index (χ4n) is 1.58. The molecule has 12 heavy (non-hydrogen) atoms. The highest BCUT2D eigenvalue weighted by Crippen LogP contribution is 2.12. The number of aliphatic hydroxyl groups is 1. The lowest BCUT2D eigenvalue weighted by Gasteiger charge is -2.16. The van der Waals surface area contributed by atoms with Crippen molar-refractivity contribution in [3.05, 3.63) is 0 Å². The van der Waals surface area contributed by atoms with Gasteiger partial charge in [0.05, 0.1) is 6.92 Å². The molecule has 68 valence electrons. The van der Waals surface area contributed by atoms with Crippen LogP contribution in [-0.2, 0) is 4.79 Å². The first-order chi connectivity index (χ1) is 5.63. The van der Waals surface area contributed by atoms with E-state index in [0.29, 0.717) is 13.0 Å². The van der Waals surface area contributed by atoms with Gasteiger partial charge in [0.15, 0.2) is 0 Å². The maximum absolute atomic E-state index is 10.7. The Morgan fingerprint density at radius 3 is 2.50 bits per heavy atom. The molecule has 0 aromatic carbocycles. The van der Waals surface area contributed by atoms with Crippen molar-refractivity contribution in [1.82, 2.24) is 0 Å². The van der Waals surface area contributed by atoms with Crippen LogP contribution in [0.1, 0.15) is 26.2 Å². The van der Waals surface area contributed by atoms with Gasteiger partial charge in [-0.15, -0.1) is 0 Å². The Morgan fingerprint density at radius 1 is 1.42 bits per heavy atom. The normalized spacial score (nSPS) is 28.2. The lowest BCUT2D eigenvalue weighted by molar-refractivity contribution is -0.571.